The van der Waals surface area contributed by atoms with E-state index in [1.54, 1.807) is 11.8 Å². The first-order valence-corrected chi connectivity index (χ1v) is 8.62. The lowest BCUT2D eigenvalue weighted by molar-refractivity contribution is -0.114. The van der Waals surface area contributed by atoms with E-state index in [1.165, 1.54) is 29.1 Å². The van der Waals surface area contributed by atoms with Gasteiger partial charge in [0, 0.05) is 23.1 Å². The van der Waals surface area contributed by atoms with Gasteiger partial charge in [-0.15, -0.1) is 0 Å². The van der Waals surface area contributed by atoms with Crippen LogP contribution in [0.5, 0.6) is 0 Å². The van der Waals surface area contributed by atoms with E-state index in [0.717, 1.165) is 24.3 Å². The van der Waals surface area contributed by atoms with E-state index in [4.69, 9.17) is 0 Å². The molecular weight excluding hydrogens is 278 g/mol. The van der Waals surface area contributed by atoms with Crippen LogP contribution < -0.4 is 4.90 Å². The predicted octanol–water partition coefficient (Wildman–Crippen LogP) is 5.27. The maximum absolute atomic E-state index is 12.0. The molecule has 1 aliphatic heterocycles. The van der Waals surface area contributed by atoms with Crippen LogP contribution >= 0.6 is 11.8 Å². The number of benzene rings is 1. The Balaban J connectivity index is 1.97. The summed E-state index contributed by atoms with van der Waals surface area (Å²) in [4.78, 5) is 15.6. The molecule has 1 aromatic carbocycles. The van der Waals surface area contributed by atoms with Crippen molar-refractivity contribution >= 4 is 23.2 Å². The van der Waals surface area contributed by atoms with Crippen LogP contribution in [-0.4, -0.2) is 5.78 Å². The van der Waals surface area contributed by atoms with Gasteiger partial charge in [-0.05, 0) is 44.2 Å². The fourth-order valence-electron chi connectivity index (χ4n) is 2.88. The molecule has 21 heavy (non-hydrogen) atoms. The summed E-state index contributed by atoms with van der Waals surface area (Å²) in [5, 5.41) is 1.07. The molecule has 0 atom stereocenters. The number of ketones is 1. The summed E-state index contributed by atoms with van der Waals surface area (Å²) in [5.41, 5.74) is 2.58. The quantitative estimate of drug-likeness (QED) is 0.707. The van der Waals surface area contributed by atoms with Gasteiger partial charge < -0.3 is 4.90 Å². The number of thioether (sulfide) groups is 1. The zero-order chi connectivity index (χ0) is 14.7. The Morgan fingerprint density at radius 3 is 2.95 bits per heavy atom. The molecule has 3 rings (SSSR count). The predicted molar refractivity (Wildman–Crippen MR) is 89.3 cm³/mol. The van der Waals surface area contributed by atoms with Crippen LogP contribution in [0.2, 0.25) is 0 Å². The Bertz CT molecular complexity index is 603. The molecule has 1 heterocycles. The Hall–Kier alpha value is -1.48. The molecule has 0 N–H and O–H groups in total. The number of hydrogen-bond donors (Lipinski definition) is 0. The van der Waals surface area contributed by atoms with Crippen molar-refractivity contribution in [1.82, 2.24) is 0 Å². The van der Waals surface area contributed by atoms with Crippen molar-refractivity contribution in [2.24, 2.45) is 0 Å². The molecule has 0 saturated heterocycles. The van der Waals surface area contributed by atoms with Crippen LogP contribution in [0.4, 0.5) is 5.69 Å². The molecule has 0 bridgehead atoms. The number of fused-ring (bicyclic) bond motifs is 1. The maximum atomic E-state index is 12.0. The third-order valence-corrected chi connectivity index (χ3v) is 4.95. The zero-order valence-electron chi connectivity index (χ0n) is 12.5. The molecule has 0 aromatic heterocycles. The first-order valence-electron chi connectivity index (χ1n) is 7.80. The minimum atomic E-state index is 0.231. The van der Waals surface area contributed by atoms with Gasteiger partial charge in [-0.3, -0.25) is 4.79 Å². The van der Waals surface area contributed by atoms with Gasteiger partial charge in [0.2, 0.25) is 0 Å². The van der Waals surface area contributed by atoms with Crippen LogP contribution in [0.25, 0.3) is 0 Å². The van der Waals surface area contributed by atoms with Crippen LogP contribution in [0.1, 0.15) is 45.4 Å². The van der Waals surface area contributed by atoms with Crippen LogP contribution in [-0.2, 0) is 4.79 Å². The number of hydrogen-bond acceptors (Lipinski definition) is 3. The number of carbonyl (C=O) groups is 1. The van der Waals surface area contributed by atoms with E-state index >= 15 is 0 Å². The van der Waals surface area contributed by atoms with E-state index in [2.05, 4.69) is 35.2 Å². The van der Waals surface area contributed by atoms with Crippen molar-refractivity contribution in [2.45, 2.75) is 50.3 Å². The van der Waals surface area contributed by atoms with Crippen LogP contribution in [0.3, 0.4) is 0 Å². The second kappa shape index (κ2) is 6.52. The van der Waals surface area contributed by atoms with E-state index in [-0.39, 0.29) is 5.78 Å². The summed E-state index contributed by atoms with van der Waals surface area (Å²) in [5.74, 6) is 0.231. The molecule has 0 radical (unpaired) electrons. The summed E-state index contributed by atoms with van der Waals surface area (Å²) in [6.45, 7) is 2.05. The number of carbonyl (C=O) groups excluding carboxylic acids is 1. The van der Waals surface area contributed by atoms with Crippen molar-refractivity contribution in [3.63, 3.8) is 0 Å². The van der Waals surface area contributed by atoms with Gasteiger partial charge in [0.25, 0.3) is 0 Å². The van der Waals surface area contributed by atoms with Gasteiger partial charge in [-0.2, -0.15) is 0 Å². The standard InChI is InChI=1S/C18H21NOS/c1-2-8-15(20)13-18-19(14-9-4-3-5-10-14)16-11-6-7-12-17(16)21-18/h6-7,9,11-13H,2-5,8,10H2,1H3/b18-13-. The van der Waals surface area contributed by atoms with E-state index in [9.17, 15) is 4.79 Å². The molecule has 1 aliphatic carbocycles. The van der Waals surface area contributed by atoms with Gasteiger partial charge in [0.05, 0.1) is 10.7 Å². The Morgan fingerprint density at radius 1 is 1.33 bits per heavy atom. The number of allylic oxidation sites excluding steroid dienone is 3. The normalized spacial score (nSPS) is 19.6. The lowest BCUT2D eigenvalue weighted by atomic mass is 10.0. The van der Waals surface area contributed by atoms with Crippen LogP contribution in [0.15, 0.2) is 52.0 Å². The lowest BCUT2D eigenvalue weighted by Crippen LogP contribution is -2.19. The van der Waals surface area contributed by atoms with Gasteiger partial charge in [0.1, 0.15) is 0 Å². The van der Waals surface area contributed by atoms with Crippen molar-refractivity contribution in [2.75, 3.05) is 4.90 Å². The molecule has 1 aromatic rings. The number of nitrogens with zero attached hydrogens (tertiary/aromatic N) is 1. The average Bonchev–Trinajstić information content (AvgIpc) is 2.86. The van der Waals surface area contributed by atoms with Gasteiger partial charge in [-0.25, -0.2) is 0 Å². The molecule has 0 unspecified atom stereocenters. The fraction of sp³-hybridized carbons (Fsp3) is 0.389. The van der Waals surface area contributed by atoms with Crippen LogP contribution in [0, 0.1) is 0 Å². The minimum absolute atomic E-state index is 0.231. The molecular formula is C18H21NOS. The smallest absolute Gasteiger partial charge is 0.158 e. The summed E-state index contributed by atoms with van der Waals surface area (Å²) in [6.07, 6.45) is 10.5. The number of para-hydroxylation sites is 1. The SMILES string of the molecule is CCCC(=O)/C=C1\Sc2ccccc2N1C1=CCCCC1. The first-order chi connectivity index (χ1) is 10.3. The highest BCUT2D eigenvalue weighted by Gasteiger charge is 2.28. The molecule has 0 saturated carbocycles. The van der Waals surface area contributed by atoms with E-state index in [0.29, 0.717) is 6.42 Å². The Morgan fingerprint density at radius 2 is 2.19 bits per heavy atom. The topological polar surface area (TPSA) is 20.3 Å². The second-order valence-electron chi connectivity index (χ2n) is 5.55. The summed E-state index contributed by atoms with van der Waals surface area (Å²) < 4.78 is 0. The second-order valence-corrected chi connectivity index (χ2v) is 6.61. The average molecular weight is 299 g/mol. The highest BCUT2D eigenvalue weighted by molar-refractivity contribution is 8.03. The number of anilines is 1. The maximum Gasteiger partial charge on any atom is 0.158 e. The first kappa shape index (κ1) is 14.5. The third kappa shape index (κ3) is 3.08. The summed E-state index contributed by atoms with van der Waals surface area (Å²) in [7, 11) is 0. The summed E-state index contributed by atoms with van der Waals surface area (Å²) in [6, 6.07) is 8.44. The fourth-order valence-corrected chi connectivity index (χ4v) is 4.01. The van der Waals surface area contributed by atoms with Crippen molar-refractivity contribution in [3.8, 4) is 0 Å². The van der Waals surface area contributed by atoms with Crippen molar-refractivity contribution in [3.05, 3.63) is 47.1 Å². The molecule has 2 nitrogen and oxygen atoms in total. The molecule has 0 fully saturated rings. The van der Waals surface area contributed by atoms with Gasteiger partial charge in [-0.1, -0.05) is 36.9 Å². The van der Waals surface area contributed by atoms with Crippen molar-refractivity contribution < 1.29 is 4.79 Å². The third-order valence-electron chi connectivity index (χ3n) is 3.88. The molecule has 0 amide bonds. The highest BCUT2D eigenvalue weighted by atomic mass is 32.2. The molecule has 110 valence electrons. The van der Waals surface area contributed by atoms with E-state index in [1.807, 2.05) is 13.0 Å². The van der Waals surface area contributed by atoms with E-state index < -0.39 is 0 Å². The summed E-state index contributed by atoms with van der Waals surface area (Å²) >= 11 is 1.72. The monoisotopic (exact) mass is 299 g/mol. The Labute approximate surface area is 130 Å². The van der Waals surface area contributed by atoms with Gasteiger partial charge >= 0.3 is 0 Å². The molecule has 3 heteroatoms. The van der Waals surface area contributed by atoms with Crippen molar-refractivity contribution in [1.29, 1.82) is 0 Å². The molecule has 2 aliphatic rings. The highest BCUT2D eigenvalue weighted by Crippen LogP contribution is 2.48. The van der Waals surface area contributed by atoms with Gasteiger partial charge in [0.15, 0.2) is 5.78 Å². The zero-order valence-corrected chi connectivity index (χ0v) is 13.3. The lowest BCUT2D eigenvalue weighted by Gasteiger charge is -2.26. The number of rotatable bonds is 4. The largest absolute Gasteiger partial charge is 0.307 e. The Kier molecular flexibility index (Phi) is 4.49. The minimum Gasteiger partial charge on any atom is -0.307 e. The molecule has 0 spiro atoms.